The Morgan fingerprint density at radius 1 is 0.279 bits per heavy atom. The summed E-state index contributed by atoms with van der Waals surface area (Å²) in [6.45, 7) is 13.7. The van der Waals surface area contributed by atoms with Gasteiger partial charge in [0.05, 0.1) is 0 Å². The second-order valence-electron chi connectivity index (χ2n) is 20.3. The van der Waals surface area contributed by atoms with Gasteiger partial charge >= 0.3 is 17.9 Å². The molecule has 0 heterocycles. The van der Waals surface area contributed by atoms with Gasteiger partial charge in [0.15, 0.2) is 6.10 Å². The van der Waals surface area contributed by atoms with Gasteiger partial charge in [-0.15, -0.1) is 0 Å². The summed E-state index contributed by atoms with van der Waals surface area (Å²) in [6.07, 6.45) is 46.7. The van der Waals surface area contributed by atoms with Crippen molar-refractivity contribution in [2.24, 2.45) is 17.8 Å². The Balaban J connectivity index is 4.29. The molecule has 362 valence electrons. The van der Waals surface area contributed by atoms with Crippen molar-refractivity contribution in [1.82, 2.24) is 0 Å². The summed E-state index contributed by atoms with van der Waals surface area (Å²) >= 11 is 0. The van der Waals surface area contributed by atoms with Crippen LogP contribution in [0.1, 0.15) is 298 Å². The molecule has 0 aromatic rings. The summed E-state index contributed by atoms with van der Waals surface area (Å²) in [5, 5.41) is 0. The minimum absolute atomic E-state index is 0.0646. The van der Waals surface area contributed by atoms with Crippen LogP contribution in [0.15, 0.2) is 0 Å². The third-order valence-corrected chi connectivity index (χ3v) is 12.4. The highest BCUT2D eigenvalue weighted by Gasteiger charge is 2.19. The second-order valence-corrected chi connectivity index (χ2v) is 20.3. The number of hydrogen-bond acceptors (Lipinski definition) is 6. The molecule has 0 bridgehead atoms. The second kappa shape index (κ2) is 46.4. The lowest BCUT2D eigenvalue weighted by Crippen LogP contribution is -2.30. The van der Waals surface area contributed by atoms with Crippen molar-refractivity contribution < 1.29 is 28.6 Å². The Morgan fingerprint density at radius 3 is 0.705 bits per heavy atom. The smallest absolute Gasteiger partial charge is 0.306 e. The van der Waals surface area contributed by atoms with Crippen LogP contribution >= 0.6 is 0 Å². The van der Waals surface area contributed by atoms with Crippen LogP contribution in [0.25, 0.3) is 0 Å². The zero-order chi connectivity index (χ0) is 44.9. The first kappa shape index (κ1) is 59.4. The third-order valence-electron chi connectivity index (χ3n) is 12.4. The summed E-state index contributed by atoms with van der Waals surface area (Å²) in [4.78, 5) is 38.0. The molecule has 61 heavy (non-hydrogen) atoms. The van der Waals surface area contributed by atoms with E-state index in [1.807, 2.05) is 0 Å². The van der Waals surface area contributed by atoms with Gasteiger partial charge in [-0.25, -0.2) is 0 Å². The SMILES string of the molecule is CC(C)CCCCCCCCCCCCCCCCCC(=O)O[C@@H](COC(=O)CCCCCCCCCCCCCC(C)C)COC(=O)CCCCCCCCCCC(C)C. The van der Waals surface area contributed by atoms with Gasteiger partial charge in [-0.05, 0) is 37.0 Å². The molecule has 6 heteroatoms. The number of rotatable bonds is 48. The molecule has 0 unspecified atom stereocenters. The first-order valence-electron chi connectivity index (χ1n) is 27.1. The predicted octanol–water partition coefficient (Wildman–Crippen LogP) is 17.6. The molecule has 0 aromatic carbocycles. The van der Waals surface area contributed by atoms with Gasteiger partial charge in [0.25, 0.3) is 0 Å². The number of carbonyl (C=O) groups excluding carboxylic acids is 3. The molecule has 1 atom stereocenters. The lowest BCUT2D eigenvalue weighted by molar-refractivity contribution is -0.167. The summed E-state index contributed by atoms with van der Waals surface area (Å²) in [5.74, 6) is 1.62. The summed E-state index contributed by atoms with van der Waals surface area (Å²) in [7, 11) is 0. The van der Waals surface area contributed by atoms with Crippen LogP contribution in [0.4, 0.5) is 0 Å². The normalized spacial score (nSPS) is 12.1. The highest BCUT2D eigenvalue weighted by Crippen LogP contribution is 2.18. The van der Waals surface area contributed by atoms with Crippen molar-refractivity contribution in [3.8, 4) is 0 Å². The van der Waals surface area contributed by atoms with Gasteiger partial charge in [0.2, 0.25) is 0 Å². The van der Waals surface area contributed by atoms with Gasteiger partial charge < -0.3 is 14.2 Å². The number of esters is 3. The molecule has 0 aliphatic carbocycles. The Kier molecular flexibility index (Phi) is 45.2. The Bertz CT molecular complexity index is 945. The van der Waals surface area contributed by atoms with Crippen LogP contribution in [0.5, 0.6) is 0 Å². The number of hydrogen-bond donors (Lipinski definition) is 0. The average Bonchev–Trinajstić information content (AvgIpc) is 3.22. The van der Waals surface area contributed by atoms with Crippen LogP contribution in [0.2, 0.25) is 0 Å². The van der Waals surface area contributed by atoms with Gasteiger partial charge in [0, 0.05) is 19.3 Å². The van der Waals surface area contributed by atoms with E-state index >= 15 is 0 Å². The molecule has 0 radical (unpaired) electrons. The van der Waals surface area contributed by atoms with E-state index in [0.29, 0.717) is 19.3 Å². The molecule has 0 aliphatic rings. The van der Waals surface area contributed by atoms with Crippen LogP contribution in [0, 0.1) is 17.8 Å². The maximum absolute atomic E-state index is 12.8. The van der Waals surface area contributed by atoms with Crippen LogP contribution in [-0.4, -0.2) is 37.2 Å². The van der Waals surface area contributed by atoms with E-state index in [9.17, 15) is 14.4 Å². The minimum atomic E-state index is -0.763. The van der Waals surface area contributed by atoms with Gasteiger partial charge in [-0.3, -0.25) is 14.4 Å². The van der Waals surface area contributed by atoms with Crippen LogP contribution in [-0.2, 0) is 28.6 Å². The molecule has 0 aliphatic heterocycles. The van der Waals surface area contributed by atoms with Crippen molar-refractivity contribution in [2.75, 3.05) is 13.2 Å². The molecule has 0 amide bonds. The fraction of sp³-hybridized carbons (Fsp3) is 0.945. The molecule has 0 N–H and O–H groups in total. The first-order chi connectivity index (χ1) is 29.6. The lowest BCUT2D eigenvalue weighted by atomic mass is 10.0. The fourth-order valence-corrected chi connectivity index (χ4v) is 8.29. The quantitative estimate of drug-likeness (QED) is 0.0344. The highest BCUT2D eigenvalue weighted by atomic mass is 16.6. The summed E-state index contributed by atoms with van der Waals surface area (Å²) in [6, 6.07) is 0. The van der Waals surface area contributed by atoms with Crippen molar-refractivity contribution in [3.05, 3.63) is 0 Å². The Hall–Kier alpha value is -1.59. The molecule has 0 rings (SSSR count). The molecule has 0 aromatic heterocycles. The standard InChI is InChI=1S/C55H106O6/c1-49(2)41-35-29-23-17-13-10-8-7-9-11-15-20-28-34-40-46-55(58)61-52(48-60-54(57)45-39-33-27-22-21-25-31-37-43-51(5)6)47-59-53(56)44-38-32-26-19-16-12-14-18-24-30-36-42-50(3)4/h49-52H,7-48H2,1-6H3/t52-/m0/s1. The Morgan fingerprint density at radius 2 is 0.475 bits per heavy atom. The average molecular weight is 863 g/mol. The van der Waals surface area contributed by atoms with E-state index in [-0.39, 0.29) is 31.1 Å². The first-order valence-corrected chi connectivity index (χ1v) is 27.1. The predicted molar refractivity (Wildman–Crippen MR) is 261 cm³/mol. The Labute approximate surface area is 380 Å². The van der Waals surface area contributed by atoms with E-state index in [2.05, 4.69) is 41.5 Å². The monoisotopic (exact) mass is 863 g/mol. The molecule has 0 saturated carbocycles. The summed E-state index contributed by atoms with van der Waals surface area (Å²) in [5.41, 5.74) is 0. The number of ether oxygens (including phenoxy) is 3. The lowest BCUT2D eigenvalue weighted by Gasteiger charge is -2.18. The largest absolute Gasteiger partial charge is 0.462 e. The molecule has 0 saturated heterocycles. The number of unbranched alkanes of at least 4 members (excludes halogenated alkanes) is 31. The zero-order valence-electron chi connectivity index (χ0n) is 42.0. The van der Waals surface area contributed by atoms with Crippen molar-refractivity contribution in [1.29, 1.82) is 0 Å². The van der Waals surface area contributed by atoms with E-state index in [1.54, 1.807) is 0 Å². The van der Waals surface area contributed by atoms with Crippen LogP contribution < -0.4 is 0 Å². The molecule has 0 spiro atoms. The summed E-state index contributed by atoms with van der Waals surface area (Å²) < 4.78 is 16.8. The molecular formula is C55H106O6. The zero-order valence-corrected chi connectivity index (χ0v) is 42.0. The molecule has 0 fully saturated rings. The van der Waals surface area contributed by atoms with Crippen molar-refractivity contribution >= 4 is 17.9 Å². The third kappa shape index (κ3) is 49.3. The highest BCUT2D eigenvalue weighted by molar-refractivity contribution is 5.71. The minimum Gasteiger partial charge on any atom is -0.462 e. The van der Waals surface area contributed by atoms with Crippen molar-refractivity contribution in [2.45, 2.75) is 304 Å². The fourth-order valence-electron chi connectivity index (χ4n) is 8.29. The topological polar surface area (TPSA) is 78.9 Å². The van der Waals surface area contributed by atoms with E-state index < -0.39 is 6.10 Å². The molecular weight excluding hydrogens is 757 g/mol. The van der Waals surface area contributed by atoms with Crippen molar-refractivity contribution in [3.63, 3.8) is 0 Å². The molecule has 6 nitrogen and oxygen atoms in total. The maximum Gasteiger partial charge on any atom is 0.306 e. The van der Waals surface area contributed by atoms with Gasteiger partial charge in [0.1, 0.15) is 13.2 Å². The van der Waals surface area contributed by atoms with E-state index in [4.69, 9.17) is 14.2 Å². The van der Waals surface area contributed by atoms with E-state index in [0.717, 1.165) is 75.5 Å². The number of carbonyl (C=O) groups is 3. The van der Waals surface area contributed by atoms with Crippen LogP contribution in [0.3, 0.4) is 0 Å². The van der Waals surface area contributed by atoms with E-state index in [1.165, 1.54) is 180 Å². The van der Waals surface area contributed by atoms with Gasteiger partial charge in [-0.1, -0.05) is 260 Å². The maximum atomic E-state index is 12.8. The van der Waals surface area contributed by atoms with Gasteiger partial charge in [-0.2, -0.15) is 0 Å².